The number of fused-ring (bicyclic) bond motifs is 1. The minimum atomic E-state index is -1.75. The molecule has 162 valence electrons. The summed E-state index contributed by atoms with van der Waals surface area (Å²) in [5, 5.41) is 29.1. The zero-order valence-electron chi connectivity index (χ0n) is 16.8. The normalized spacial score (nSPS) is 22.2. The maximum Gasteiger partial charge on any atom is 0.395 e. The summed E-state index contributed by atoms with van der Waals surface area (Å²) in [6, 6.07) is 11.5. The molecule has 3 N–H and O–H groups in total. The third-order valence-corrected chi connectivity index (χ3v) is 5.39. The van der Waals surface area contributed by atoms with E-state index in [-0.39, 0.29) is 34.2 Å². The molecule has 5 rings (SSSR count). The molecule has 3 aliphatic rings. The van der Waals surface area contributed by atoms with E-state index >= 15 is 0 Å². The molecule has 0 bridgehead atoms. The van der Waals surface area contributed by atoms with E-state index in [0.717, 1.165) is 0 Å². The van der Waals surface area contributed by atoms with Gasteiger partial charge in [-0.15, -0.1) is 0 Å². The fraction of sp³-hybridized carbons (Fsp3) is 0.167. The molecule has 1 fully saturated rings. The Morgan fingerprint density at radius 2 is 1.25 bits per heavy atom. The second-order valence-corrected chi connectivity index (χ2v) is 7.65. The first kappa shape index (κ1) is 20.0. The van der Waals surface area contributed by atoms with Crippen molar-refractivity contribution in [2.75, 3.05) is 0 Å². The van der Waals surface area contributed by atoms with E-state index in [9.17, 15) is 24.9 Å². The Bertz CT molecular complexity index is 1130. The number of aliphatic hydroxyl groups excluding tert-OH is 1. The van der Waals surface area contributed by atoms with E-state index in [0.29, 0.717) is 11.1 Å². The predicted octanol–water partition coefficient (Wildman–Crippen LogP) is 2.41. The highest BCUT2D eigenvalue weighted by molar-refractivity contribution is 6.66. The van der Waals surface area contributed by atoms with E-state index in [4.69, 9.17) is 14.2 Å². The molecule has 0 aromatic heterocycles. The molecule has 1 spiro atoms. The van der Waals surface area contributed by atoms with Crippen LogP contribution < -0.4 is 0 Å². The Morgan fingerprint density at radius 1 is 0.812 bits per heavy atom. The molecule has 2 atom stereocenters. The largest absolute Gasteiger partial charge is 0.508 e. The van der Waals surface area contributed by atoms with Crippen molar-refractivity contribution in [3.05, 3.63) is 83.3 Å². The number of Topliss-reactive ketones (excluding diaryl/α,β-unsaturated/α-hetero) is 2. The third kappa shape index (κ3) is 3.08. The molecule has 1 saturated heterocycles. The van der Waals surface area contributed by atoms with Crippen LogP contribution in [0.25, 0.3) is 11.1 Å². The van der Waals surface area contributed by atoms with Crippen LogP contribution in [0.1, 0.15) is 18.1 Å². The maximum atomic E-state index is 13.2. The van der Waals surface area contributed by atoms with E-state index < -0.39 is 29.7 Å². The molecular weight excluding hydrogens is 416 g/mol. The van der Waals surface area contributed by atoms with Gasteiger partial charge in [-0.25, -0.2) is 0 Å². The molecule has 2 aromatic carbocycles. The van der Waals surface area contributed by atoms with Crippen molar-refractivity contribution in [2.45, 2.75) is 25.1 Å². The van der Waals surface area contributed by atoms with Crippen molar-refractivity contribution in [3.8, 4) is 11.5 Å². The minimum absolute atomic E-state index is 0.00335. The Hall–Kier alpha value is -3.88. The number of allylic oxidation sites excluding steroid dienone is 2. The molecule has 0 amide bonds. The molecular formula is C24H18O8. The number of hydrogen-bond acceptors (Lipinski definition) is 8. The fourth-order valence-corrected chi connectivity index (χ4v) is 3.80. The number of phenolic OH excluding ortho intramolecular Hbond substituents is 2. The average molecular weight is 434 g/mol. The fourth-order valence-electron chi connectivity index (χ4n) is 3.80. The van der Waals surface area contributed by atoms with Crippen LogP contribution in [0.4, 0.5) is 0 Å². The molecule has 0 saturated carbocycles. The highest BCUT2D eigenvalue weighted by Crippen LogP contribution is 2.49. The number of hydrogen-bond donors (Lipinski definition) is 3. The van der Waals surface area contributed by atoms with Crippen LogP contribution >= 0.6 is 0 Å². The third-order valence-electron chi connectivity index (χ3n) is 5.39. The first-order valence-electron chi connectivity index (χ1n) is 9.88. The lowest BCUT2D eigenvalue weighted by Crippen LogP contribution is -2.33. The number of rotatable bonds is 3. The molecule has 8 heteroatoms. The van der Waals surface area contributed by atoms with Crippen LogP contribution in [0, 0.1) is 0 Å². The smallest absolute Gasteiger partial charge is 0.395 e. The molecule has 32 heavy (non-hydrogen) atoms. The van der Waals surface area contributed by atoms with Crippen LogP contribution in [0.3, 0.4) is 0 Å². The lowest BCUT2D eigenvalue weighted by molar-refractivity contribution is -0.292. The van der Waals surface area contributed by atoms with Crippen molar-refractivity contribution in [2.24, 2.45) is 0 Å². The van der Waals surface area contributed by atoms with Gasteiger partial charge < -0.3 is 24.8 Å². The Balaban J connectivity index is 1.72. The van der Waals surface area contributed by atoms with Gasteiger partial charge in [-0.1, -0.05) is 24.3 Å². The molecule has 0 radical (unpaired) electrons. The van der Waals surface area contributed by atoms with Crippen LogP contribution in [-0.2, 0) is 23.8 Å². The second kappa shape index (κ2) is 7.08. The molecule has 2 heterocycles. The van der Waals surface area contributed by atoms with Gasteiger partial charge in [-0.3, -0.25) is 14.3 Å². The number of carbonyl (C=O) groups excluding carboxylic acids is 2. The summed E-state index contributed by atoms with van der Waals surface area (Å²) in [5.74, 6) is -3.35. The summed E-state index contributed by atoms with van der Waals surface area (Å²) in [7, 11) is 0. The Kier molecular flexibility index (Phi) is 4.44. The molecule has 2 aliphatic heterocycles. The topological polar surface area (TPSA) is 123 Å². The molecule has 1 aliphatic carbocycles. The summed E-state index contributed by atoms with van der Waals surface area (Å²) >= 11 is 0. The van der Waals surface area contributed by atoms with E-state index in [2.05, 4.69) is 0 Å². The van der Waals surface area contributed by atoms with Crippen molar-refractivity contribution in [1.82, 2.24) is 0 Å². The zero-order valence-corrected chi connectivity index (χ0v) is 16.8. The quantitative estimate of drug-likeness (QED) is 0.382. The maximum absolute atomic E-state index is 13.2. The van der Waals surface area contributed by atoms with Crippen LogP contribution in [0.2, 0.25) is 0 Å². The van der Waals surface area contributed by atoms with Crippen LogP contribution in [-0.4, -0.2) is 45.1 Å². The van der Waals surface area contributed by atoms with E-state index in [1.54, 1.807) is 13.0 Å². The van der Waals surface area contributed by atoms with Crippen LogP contribution in [0.15, 0.2) is 72.2 Å². The van der Waals surface area contributed by atoms with Crippen molar-refractivity contribution in [3.63, 3.8) is 0 Å². The number of aromatic hydroxyl groups is 2. The van der Waals surface area contributed by atoms with Gasteiger partial charge in [-0.2, -0.15) is 0 Å². The van der Waals surface area contributed by atoms with Gasteiger partial charge in [0.25, 0.3) is 0 Å². The number of benzene rings is 2. The van der Waals surface area contributed by atoms with Crippen molar-refractivity contribution in [1.29, 1.82) is 0 Å². The van der Waals surface area contributed by atoms with Gasteiger partial charge in [0, 0.05) is 6.08 Å². The average Bonchev–Trinajstić information content (AvgIpc) is 3.35. The van der Waals surface area contributed by atoms with Gasteiger partial charge >= 0.3 is 5.97 Å². The van der Waals surface area contributed by atoms with Crippen molar-refractivity contribution >= 4 is 22.7 Å². The number of phenols is 2. The number of ketones is 2. The highest BCUT2D eigenvalue weighted by atomic mass is 16.9. The number of ether oxygens (including phenoxy) is 3. The Labute approximate surface area is 182 Å². The highest BCUT2D eigenvalue weighted by Gasteiger charge is 2.54. The summed E-state index contributed by atoms with van der Waals surface area (Å²) < 4.78 is 17.7. The lowest BCUT2D eigenvalue weighted by atomic mass is 9.85. The molecule has 0 unspecified atom stereocenters. The number of aliphatic hydroxyl groups is 1. The van der Waals surface area contributed by atoms with E-state index in [1.807, 2.05) is 0 Å². The van der Waals surface area contributed by atoms with Gasteiger partial charge in [0.1, 0.15) is 17.6 Å². The number of carbonyl (C=O) groups is 2. The minimum Gasteiger partial charge on any atom is -0.508 e. The summed E-state index contributed by atoms with van der Waals surface area (Å²) in [5.41, 5.74) is 0.657. The van der Waals surface area contributed by atoms with Crippen LogP contribution in [0.5, 0.6) is 11.5 Å². The molecule has 8 nitrogen and oxygen atoms in total. The van der Waals surface area contributed by atoms with Crippen molar-refractivity contribution < 1.29 is 39.1 Å². The molecule has 2 aromatic rings. The second-order valence-electron chi connectivity index (χ2n) is 7.65. The standard InChI is InChI=1S/C24H18O8/c1-12(25)17-10-11-24(30-17)31-22-18(13-2-6-15(26)7-3-13)20(28)21(29)19(23(22)32-24)14-4-8-16(27)9-5-14/h2-12,17,25-27H,1H3/t12-,17+/m0/s1. The van der Waals surface area contributed by atoms with Gasteiger partial charge in [-0.05, 0) is 48.4 Å². The van der Waals surface area contributed by atoms with E-state index in [1.165, 1.54) is 54.6 Å². The lowest BCUT2D eigenvalue weighted by Gasteiger charge is -2.22. The zero-order chi connectivity index (χ0) is 22.6. The first-order chi connectivity index (χ1) is 15.3. The first-order valence-corrected chi connectivity index (χ1v) is 9.88. The summed E-state index contributed by atoms with van der Waals surface area (Å²) in [6.45, 7) is 1.55. The summed E-state index contributed by atoms with van der Waals surface area (Å²) in [6.07, 6.45) is 1.49. The predicted molar refractivity (Wildman–Crippen MR) is 111 cm³/mol. The van der Waals surface area contributed by atoms with Gasteiger partial charge in [0.05, 0.1) is 17.3 Å². The summed E-state index contributed by atoms with van der Waals surface area (Å²) in [4.78, 5) is 26.4. The SMILES string of the molecule is C[C@H](O)[C@H]1C=CC2(OC3=C(c4ccc(O)cc4)C(=O)C(=O)C(c4ccc(O)cc4)=C3O2)O1. The monoisotopic (exact) mass is 434 g/mol. The van der Waals surface area contributed by atoms with Gasteiger partial charge in [0.15, 0.2) is 11.5 Å². The van der Waals surface area contributed by atoms with Gasteiger partial charge in [0.2, 0.25) is 11.6 Å². The Morgan fingerprint density at radius 3 is 1.62 bits per heavy atom.